The topological polar surface area (TPSA) is 67.4 Å². The predicted molar refractivity (Wildman–Crippen MR) is 149 cm³/mol. The van der Waals surface area contributed by atoms with Crippen molar-refractivity contribution in [2.75, 3.05) is 50.8 Å². The molecule has 3 aromatic rings. The molecule has 2 fully saturated rings. The van der Waals surface area contributed by atoms with Gasteiger partial charge in [0.15, 0.2) is 0 Å². The molecule has 1 unspecified atom stereocenters. The molecule has 0 saturated carbocycles. The van der Waals surface area contributed by atoms with Gasteiger partial charge in [0.2, 0.25) is 5.52 Å². The average Bonchev–Trinajstić information content (AvgIpc) is 2.95. The van der Waals surface area contributed by atoms with E-state index in [1.807, 2.05) is 0 Å². The number of anilines is 1. The molecule has 3 atom stereocenters. The number of fused-ring (bicyclic) bond motifs is 1. The third-order valence-corrected chi connectivity index (χ3v) is 8.03. The van der Waals surface area contributed by atoms with Crippen LogP contribution in [0.5, 0.6) is 5.75 Å². The summed E-state index contributed by atoms with van der Waals surface area (Å²) in [6, 6.07) is 11.0. The van der Waals surface area contributed by atoms with Gasteiger partial charge in [-0.15, -0.1) is 18.2 Å². The summed E-state index contributed by atoms with van der Waals surface area (Å²) in [5, 5.41) is 0. The number of pyridine rings is 2. The number of morpholine rings is 1. The molecule has 2 aliphatic heterocycles. The Labute approximate surface area is 236 Å². The van der Waals surface area contributed by atoms with Crippen molar-refractivity contribution in [1.82, 2.24) is 19.4 Å². The van der Waals surface area contributed by atoms with Gasteiger partial charge in [0.1, 0.15) is 5.75 Å². The number of alkyl halides is 3. The largest absolute Gasteiger partial charge is 0.573 e. The van der Waals surface area contributed by atoms with Crippen LogP contribution in [0.4, 0.5) is 24.7 Å². The van der Waals surface area contributed by atoms with Gasteiger partial charge in [0.25, 0.3) is 11.4 Å². The molecule has 0 radical (unpaired) electrons. The number of rotatable bonds is 6. The molecule has 0 bridgehead atoms. The van der Waals surface area contributed by atoms with Crippen LogP contribution in [0.3, 0.4) is 0 Å². The molecule has 2 aromatic heterocycles. The van der Waals surface area contributed by atoms with Crippen molar-refractivity contribution in [3.05, 3.63) is 69.8 Å². The SMILES string of the molecule is [C-]#[N+]c1ccc2c(n1)c(N1C[C@@H](CN3CCOCC3)N(C(C)c3ccc(OC(F)(F)F)cc3)C[C@@H]1C)cc(=O)n2C. The van der Waals surface area contributed by atoms with Gasteiger partial charge in [-0.25, -0.2) is 0 Å². The molecule has 1 aromatic carbocycles. The minimum Gasteiger partial charge on any atom is -0.406 e. The number of piperazine rings is 1. The molecule has 0 spiro atoms. The maximum atomic E-state index is 13.0. The first-order valence-corrected chi connectivity index (χ1v) is 13.6. The zero-order valence-electron chi connectivity index (χ0n) is 23.3. The fourth-order valence-corrected chi connectivity index (χ4v) is 5.84. The standard InChI is InChI=1S/C29H33F3N6O3/c1-19-16-38(20(2)21-5-7-23(8-6-21)41-29(30,31)32)22(17-36-11-13-40-14-12-36)18-37(19)25-15-27(39)35(4)24-9-10-26(33-3)34-28(24)25/h5-10,15,19-20,22H,11-14,16-18H2,1-2,4H3/t19-,20?,22+/m0/s1. The molecule has 0 N–H and O–H groups in total. The van der Waals surface area contributed by atoms with E-state index in [9.17, 15) is 18.0 Å². The first-order valence-electron chi connectivity index (χ1n) is 13.6. The Bertz CT molecular complexity index is 1480. The molecule has 218 valence electrons. The van der Waals surface area contributed by atoms with E-state index in [2.05, 4.69) is 43.1 Å². The Morgan fingerprint density at radius 3 is 2.51 bits per heavy atom. The highest BCUT2D eigenvalue weighted by molar-refractivity contribution is 5.89. The molecule has 2 saturated heterocycles. The predicted octanol–water partition coefficient (Wildman–Crippen LogP) is 4.36. The molecule has 0 aliphatic carbocycles. The Morgan fingerprint density at radius 1 is 1.15 bits per heavy atom. The normalized spacial score (nSPS) is 21.5. The van der Waals surface area contributed by atoms with Gasteiger partial charge >= 0.3 is 6.36 Å². The Hall–Kier alpha value is -3.66. The highest BCUT2D eigenvalue weighted by Crippen LogP contribution is 2.34. The summed E-state index contributed by atoms with van der Waals surface area (Å²) in [5.41, 5.74) is 2.70. The minimum absolute atomic E-state index is 0.0140. The molecule has 41 heavy (non-hydrogen) atoms. The molecule has 9 nitrogen and oxygen atoms in total. The molecular formula is C29H33F3N6O3. The van der Waals surface area contributed by atoms with E-state index in [0.717, 1.165) is 25.2 Å². The molecule has 0 amide bonds. The number of ether oxygens (including phenoxy) is 2. The van der Waals surface area contributed by atoms with Crippen molar-refractivity contribution >= 4 is 22.5 Å². The highest BCUT2D eigenvalue weighted by Gasteiger charge is 2.37. The van der Waals surface area contributed by atoms with Crippen LogP contribution in [0.15, 0.2) is 47.3 Å². The van der Waals surface area contributed by atoms with E-state index < -0.39 is 6.36 Å². The van der Waals surface area contributed by atoms with Crippen LogP contribution in [-0.2, 0) is 11.8 Å². The molecule has 2 aliphatic rings. The van der Waals surface area contributed by atoms with Crippen molar-refractivity contribution in [2.45, 2.75) is 38.3 Å². The quantitative estimate of drug-likeness (QED) is 0.408. The van der Waals surface area contributed by atoms with Crippen molar-refractivity contribution in [3.63, 3.8) is 0 Å². The van der Waals surface area contributed by atoms with Crippen LogP contribution >= 0.6 is 0 Å². The number of halogens is 3. The fourth-order valence-electron chi connectivity index (χ4n) is 5.84. The third-order valence-electron chi connectivity index (χ3n) is 8.03. The van der Waals surface area contributed by atoms with Crippen LogP contribution in [-0.4, -0.2) is 83.7 Å². The van der Waals surface area contributed by atoms with Gasteiger partial charge in [-0.1, -0.05) is 18.7 Å². The van der Waals surface area contributed by atoms with Crippen molar-refractivity contribution in [2.24, 2.45) is 7.05 Å². The van der Waals surface area contributed by atoms with E-state index in [0.29, 0.717) is 43.0 Å². The zero-order chi connectivity index (χ0) is 29.3. The van der Waals surface area contributed by atoms with Gasteiger partial charge in [-0.3, -0.25) is 14.6 Å². The maximum Gasteiger partial charge on any atom is 0.573 e. The second-order valence-corrected chi connectivity index (χ2v) is 10.6. The summed E-state index contributed by atoms with van der Waals surface area (Å²) in [4.78, 5) is 28.0. The van der Waals surface area contributed by atoms with E-state index in [1.54, 1.807) is 41.9 Å². The number of hydrogen-bond acceptors (Lipinski definition) is 7. The highest BCUT2D eigenvalue weighted by atomic mass is 19.4. The first-order chi connectivity index (χ1) is 19.5. The van der Waals surface area contributed by atoms with Crippen molar-refractivity contribution in [1.29, 1.82) is 0 Å². The van der Waals surface area contributed by atoms with Crippen LogP contribution in [0.1, 0.15) is 25.5 Å². The lowest BCUT2D eigenvalue weighted by molar-refractivity contribution is -0.274. The number of benzene rings is 1. The van der Waals surface area contributed by atoms with Gasteiger partial charge in [-0.05, 0) is 43.7 Å². The van der Waals surface area contributed by atoms with E-state index in [-0.39, 0.29) is 35.3 Å². The lowest BCUT2D eigenvalue weighted by Crippen LogP contribution is -2.61. The van der Waals surface area contributed by atoms with Crippen LogP contribution in [0, 0.1) is 6.57 Å². The maximum absolute atomic E-state index is 13.0. The summed E-state index contributed by atoms with van der Waals surface area (Å²) in [5.74, 6) is 0.0143. The second kappa shape index (κ2) is 11.7. The third kappa shape index (κ3) is 6.32. The lowest BCUT2D eigenvalue weighted by Gasteiger charge is -2.50. The molecular weight excluding hydrogens is 537 g/mol. The van der Waals surface area contributed by atoms with Crippen LogP contribution < -0.4 is 15.2 Å². The van der Waals surface area contributed by atoms with Gasteiger partial charge in [0, 0.05) is 64.0 Å². The number of aromatic nitrogens is 2. The molecule has 5 rings (SSSR count). The van der Waals surface area contributed by atoms with E-state index >= 15 is 0 Å². The Morgan fingerprint density at radius 2 is 1.85 bits per heavy atom. The summed E-state index contributed by atoms with van der Waals surface area (Å²) < 4.78 is 49.2. The Kier molecular flexibility index (Phi) is 8.22. The molecule has 4 heterocycles. The number of hydrogen-bond donors (Lipinski definition) is 0. The summed E-state index contributed by atoms with van der Waals surface area (Å²) in [6.07, 6.45) is -4.74. The van der Waals surface area contributed by atoms with Gasteiger partial charge in [-0.2, -0.15) is 0 Å². The first kappa shape index (κ1) is 28.9. The fraction of sp³-hybridized carbons (Fsp3) is 0.483. The summed E-state index contributed by atoms with van der Waals surface area (Å²) in [6.45, 7) is 16.5. The van der Waals surface area contributed by atoms with E-state index in [1.165, 1.54) is 12.1 Å². The van der Waals surface area contributed by atoms with Gasteiger partial charge < -0.3 is 23.8 Å². The number of aryl methyl sites for hydroxylation is 1. The van der Waals surface area contributed by atoms with Crippen LogP contribution in [0.2, 0.25) is 0 Å². The monoisotopic (exact) mass is 570 g/mol. The minimum atomic E-state index is -4.74. The average molecular weight is 571 g/mol. The Balaban J connectivity index is 1.48. The summed E-state index contributed by atoms with van der Waals surface area (Å²) >= 11 is 0. The van der Waals surface area contributed by atoms with Crippen molar-refractivity contribution < 1.29 is 22.6 Å². The smallest absolute Gasteiger partial charge is 0.406 e. The number of nitrogens with zero attached hydrogens (tertiary/aromatic N) is 6. The summed E-state index contributed by atoms with van der Waals surface area (Å²) in [7, 11) is 1.70. The van der Waals surface area contributed by atoms with Crippen molar-refractivity contribution in [3.8, 4) is 5.75 Å². The zero-order valence-corrected chi connectivity index (χ0v) is 23.3. The molecule has 12 heteroatoms. The van der Waals surface area contributed by atoms with Crippen LogP contribution in [0.25, 0.3) is 15.9 Å². The lowest BCUT2D eigenvalue weighted by atomic mass is 9.98. The second-order valence-electron chi connectivity index (χ2n) is 10.6. The van der Waals surface area contributed by atoms with E-state index in [4.69, 9.17) is 11.3 Å². The van der Waals surface area contributed by atoms with Gasteiger partial charge in [0.05, 0.1) is 24.4 Å².